The molecule has 112 valence electrons. The maximum Gasteiger partial charge on any atom is 0.162 e. The van der Waals surface area contributed by atoms with Crippen LogP contribution in [0.5, 0.6) is 11.5 Å². The lowest BCUT2D eigenvalue weighted by atomic mass is 10.1. The molecule has 0 radical (unpaired) electrons. The molecular weight excluding hydrogens is 268 g/mol. The summed E-state index contributed by atoms with van der Waals surface area (Å²) in [5, 5.41) is 0.938. The summed E-state index contributed by atoms with van der Waals surface area (Å²) in [6.45, 7) is 0.918. The molecule has 2 aromatic rings. The Morgan fingerprint density at radius 2 is 1.90 bits per heavy atom. The Morgan fingerprint density at radius 1 is 1.14 bits per heavy atom. The number of nitrogens with zero attached hydrogens (tertiary/aromatic N) is 3. The molecule has 1 aliphatic rings. The van der Waals surface area contributed by atoms with Gasteiger partial charge in [-0.2, -0.15) is 0 Å². The number of hydrogen-bond donors (Lipinski definition) is 1. The molecule has 1 saturated heterocycles. The first-order valence-corrected chi connectivity index (χ1v) is 7.13. The second kappa shape index (κ2) is 5.73. The second-order valence-electron chi connectivity index (χ2n) is 5.18. The summed E-state index contributed by atoms with van der Waals surface area (Å²) in [6, 6.07) is 3.79. The van der Waals surface area contributed by atoms with E-state index < -0.39 is 0 Å². The summed E-state index contributed by atoms with van der Waals surface area (Å²) in [6.07, 6.45) is 4.86. The van der Waals surface area contributed by atoms with Crippen LogP contribution in [-0.4, -0.2) is 36.9 Å². The van der Waals surface area contributed by atoms with E-state index in [9.17, 15) is 0 Å². The largest absolute Gasteiger partial charge is 0.493 e. The van der Waals surface area contributed by atoms with E-state index in [2.05, 4.69) is 14.9 Å². The van der Waals surface area contributed by atoms with E-state index in [0.717, 1.165) is 42.5 Å². The lowest BCUT2D eigenvalue weighted by molar-refractivity contribution is 0.355. The molecule has 1 atom stereocenters. The zero-order valence-electron chi connectivity index (χ0n) is 12.4. The highest BCUT2D eigenvalue weighted by Gasteiger charge is 2.22. The highest BCUT2D eigenvalue weighted by atomic mass is 16.5. The van der Waals surface area contributed by atoms with Crippen molar-refractivity contribution < 1.29 is 9.47 Å². The van der Waals surface area contributed by atoms with Crippen LogP contribution in [-0.2, 0) is 0 Å². The molecule has 3 rings (SSSR count). The third-order valence-corrected chi connectivity index (χ3v) is 3.94. The molecule has 1 aromatic heterocycles. The number of benzene rings is 1. The fraction of sp³-hybridized carbons (Fsp3) is 0.467. The van der Waals surface area contributed by atoms with Gasteiger partial charge in [0.05, 0.1) is 25.9 Å². The van der Waals surface area contributed by atoms with Crippen LogP contribution in [0, 0.1) is 0 Å². The highest BCUT2D eigenvalue weighted by Crippen LogP contribution is 2.35. The van der Waals surface area contributed by atoms with Crippen LogP contribution in [0.2, 0.25) is 0 Å². The van der Waals surface area contributed by atoms with Gasteiger partial charge in [0.2, 0.25) is 0 Å². The minimum absolute atomic E-state index is 0.00458. The van der Waals surface area contributed by atoms with Gasteiger partial charge in [-0.05, 0) is 25.3 Å². The third kappa shape index (κ3) is 2.47. The number of methoxy groups -OCH3 is 2. The van der Waals surface area contributed by atoms with Crippen LogP contribution < -0.4 is 20.1 Å². The van der Waals surface area contributed by atoms with Crippen LogP contribution in [0.15, 0.2) is 18.5 Å². The molecule has 0 aliphatic carbocycles. The first kappa shape index (κ1) is 13.9. The van der Waals surface area contributed by atoms with Gasteiger partial charge in [0.25, 0.3) is 0 Å². The quantitative estimate of drug-likeness (QED) is 0.930. The van der Waals surface area contributed by atoms with E-state index in [-0.39, 0.29) is 6.17 Å². The summed E-state index contributed by atoms with van der Waals surface area (Å²) in [7, 11) is 3.24. The molecule has 1 fully saturated rings. The Hall–Kier alpha value is -2.08. The summed E-state index contributed by atoms with van der Waals surface area (Å²) in [5.41, 5.74) is 7.07. The highest BCUT2D eigenvalue weighted by molar-refractivity contribution is 5.92. The molecule has 1 aliphatic heterocycles. The van der Waals surface area contributed by atoms with Crippen molar-refractivity contribution >= 4 is 16.7 Å². The van der Waals surface area contributed by atoms with E-state index in [4.69, 9.17) is 15.2 Å². The summed E-state index contributed by atoms with van der Waals surface area (Å²) in [5.74, 6) is 2.21. The smallest absolute Gasteiger partial charge is 0.162 e. The zero-order chi connectivity index (χ0) is 14.8. The standard InChI is InChI=1S/C15H20N4O2/c1-20-12-7-10-11(8-13(12)21-2)17-9-18-15(10)19-6-4-3-5-14(19)16/h7-9,14H,3-6,16H2,1-2H3. The van der Waals surface area contributed by atoms with Crippen molar-refractivity contribution in [2.75, 3.05) is 25.7 Å². The molecular formula is C15H20N4O2. The number of aromatic nitrogens is 2. The number of ether oxygens (including phenoxy) is 2. The predicted molar refractivity (Wildman–Crippen MR) is 81.8 cm³/mol. The van der Waals surface area contributed by atoms with Crippen LogP contribution in [0.3, 0.4) is 0 Å². The topological polar surface area (TPSA) is 73.5 Å². The van der Waals surface area contributed by atoms with E-state index in [0.29, 0.717) is 11.5 Å². The van der Waals surface area contributed by atoms with Gasteiger partial charge in [-0.25, -0.2) is 9.97 Å². The predicted octanol–water partition coefficient (Wildman–Crippen LogP) is 1.92. The van der Waals surface area contributed by atoms with Crippen LogP contribution in [0.4, 0.5) is 5.82 Å². The fourth-order valence-electron chi connectivity index (χ4n) is 2.82. The first-order valence-electron chi connectivity index (χ1n) is 7.13. The van der Waals surface area contributed by atoms with Crippen LogP contribution >= 0.6 is 0 Å². The average Bonchev–Trinajstić information content (AvgIpc) is 2.53. The molecule has 6 nitrogen and oxygen atoms in total. The van der Waals surface area contributed by atoms with E-state index >= 15 is 0 Å². The van der Waals surface area contributed by atoms with Crippen molar-refractivity contribution in [1.29, 1.82) is 0 Å². The van der Waals surface area contributed by atoms with Crippen molar-refractivity contribution in [2.45, 2.75) is 25.4 Å². The summed E-state index contributed by atoms with van der Waals surface area (Å²) >= 11 is 0. The van der Waals surface area contributed by atoms with Gasteiger partial charge in [0, 0.05) is 18.0 Å². The van der Waals surface area contributed by atoms with Gasteiger partial charge in [0.15, 0.2) is 11.5 Å². The van der Waals surface area contributed by atoms with E-state index in [1.807, 2.05) is 12.1 Å². The summed E-state index contributed by atoms with van der Waals surface area (Å²) in [4.78, 5) is 10.9. The molecule has 0 spiro atoms. The lowest BCUT2D eigenvalue weighted by Gasteiger charge is -2.34. The molecule has 2 N–H and O–H groups in total. The van der Waals surface area contributed by atoms with Crippen molar-refractivity contribution in [3.63, 3.8) is 0 Å². The summed E-state index contributed by atoms with van der Waals surface area (Å²) < 4.78 is 10.7. The van der Waals surface area contributed by atoms with E-state index in [1.165, 1.54) is 0 Å². The van der Waals surface area contributed by atoms with Crippen molar-refractivity contribution in [2.24, 2.45) is 5.73 Å². The van der Waals surface area contributed by atoms with Gasteiger partial charge in [-0.3, -0.25) is 0 Å². The van der Waals surface area contributed by atoms with Gasteiger partial charge in [-0.1, -0.05) is 0 Å². The monoisotopic (exact) mass is 288 g/mol. The molecule has 0 saturated carbocycles. The minimum Gasteiger partial charge on any atom is -0.493 e. The van der Waals surface area contributed by atoms with Crippen LogP contribution in [0.25, 0.3) is 10.9 Å². The van der Waals surface area contributed by atoms with Crippen molar-refractivity contribution in [3.8, 4) is 11.5 Å². The Morgan fingerprint density at radius 3 is 2.62 bits per heavy atom. The normalized spacial score (nSPS) is 18.8. The first-order chi connectivity index (χ1) is 10.2. The Kier molecular flexibility index (Phi) is 3.79. The molecule has 6 heteroatoms. The Balaban J connectivity index is 2.14. The third-order valence-electron chi connectivity index (χ3n) is 3.94. The molecule has 0 bridgehead atoms. The number of fused-ring (bicyclic) bond motifs is 1. The van der Waals surface area contributed by atoms with Crippen molar-refractivity contribution in [3.05, 3.63) is 18.5 Å². The van der Waals surface area contributed by atoms with Gasteiger partial charge < -0.3 is 20.1 Å². The second-order valence-corrected chi connectivity index (χ2v) is 5.18. The maximum absolute atomic E-state index is 6.24. The number of piperidine rings is 1. The average molecular weight is 288 g/mol. The maximum atomic E-state index is 6.24. The van der Waals surface area contributed by atoms with Crippen LogP contribution in [0.1, 0.15) is 19.3 Å². The van der Waals surface area contributed by atoms with Crippen molar-refractivity contribution in [1.82, 2.24) is 9.97 Å². The number of nitrogens with two attached hydrogens (primary N) is 1. The Labute approximate surface area is 123 Å². The molecule has 2 heterocycles. The van der Waals surface area contributed by atoms with Gasteiger partial charge in [0.1, 0.15) is 12.1 Å². The SMILES string of the molecule is COc1cc2ncnc(N3CCCCC3N)c2cc1OC. The van der Waals surface area contributed by atoms with Gasteiger partial charge in [-0.15, -0.1) is 0 Å². The molecule has 21 heavy (non-hydrogen) atoms. The Bertz CT molecular complexity index is 647. The number of anilines is 1. The minimum atomic E-state index is 0.00458. The number of rotatable bonds is 3. The molecule has 1 unspecified atom stereocenters. The number of hydrogen-bond acceptors (Lipinski definition) is 6. The fourth-order valence-corrected chi connectivity index (χ4v) is 2.82. The van der Waals surface area contributed by atoms with E-state index in [1.54, 1.807) is 20.5 Å². The molecule has 0 amide bonds. The zero-order valence-corrected chi connectivity index (χ0v) is 12.4. The van der Waals surface area contributed by atoms with Gasteiger partial charge >= 0.3 is 0 Å². The molecule has 1 aromatic carbocycles. The lowest BCUT2D eigenvalue weighted by Crippen LogP contribution is -2.46.